The minimum absolute atomic E-state index is 0.0734. The van der Waals surface area contributed by atoms with E-state index < -0.39 is 58.5 Å². The van der Waals surface area contributed by atoms with Crippen molar-refractivity contribution in [3.05, 3.63) is 86.1 Å². The minimum atomic E-state index is -1.21. The number of fused-ring (bicyclic) bond motifs is 2. The molecule has 208 valence electrons. The molecule has 1 aromatic carbocycles. The number of carbonyl (C=O) groups is 3. The lowest BCUT2D eigenvalue weighted by atomic mass is 10.0. The van der Waals surface area contributed by atoms with Gasteiger partial charge >= 0.3 is 11.6 Å². The number of esters is 1. The first-order valence-corrected chi connectivity index (χ1v) is 13.9. The predicted molar refractivity (Wildman–Crippen MR) is 144 cm³/mol. The molecule has 1 fully saturated rings. The molecular weight excluding hydrogens is 566 g/mol. The minimum Gasteiger partial charge on any atom is -0.483 e. The molecule has 0 spiro atoms. The van der Waals surface area contributed by atoms with Crippen molar-refractivity contribution < 1.29 is 37.1 Å². The quantitative estimate of drug-likeness (QED) is 0.175. The summed E-state index contributed by atoms with van der Waals surface area (Å²) in [7, 11) is 0. The Morgan fingerprint density at radius 1 is 1.30 bits per heavy atom. The number of aryl methyl sites for hydroxylation is 1. The van der Waals surface area contributed by atoms with Gasteiger partial charge in [-0.1, -0.05) is 18.7 Å². The third-order valence-corrected chi connectivity index (χ3v) is 8.50. The highest BCUT2D eigenvalue weighted by Crippen LogP contribution is 2.41. The number of hydrogen-bond donors (Lipinski definition) is 1. The molecule has 2 unspecified atom stereocenters. The Kier molecular flexibility index (Phi) is 7.76. The summed E-state index contributed by atoms with van der Waals surface area (Å²) in [4.78, 5) is 52.3. The van der Waals surface area contributed by atoms with Crippen molar-refractivity contribution in [2.75, 3.05) is 19.0 Å². The molecule has 2 atom stereocenters. The highest BCUT2D eigenvalue weighted by molar-refractivity contribution is 8.00. The number of nitrogens with zero attached hydrogens (tertiary/aromatic N) is 1. The lowest BCUT2D eigenvalue weighted by Gasteiger charge is -2.49. The van der Waals surface area contributed by atoms with Crippen LogP contribution in [0.5, 0.6) is 5.75 Å². The van der Waals surface area contributed by atoms with E-state index in [1.165, 1.54) is 41.0 Å². The van der Waals surface area contributed by atoms with Gasteiger partial charge in [0, 0.05) is 27.7 Å². The SMILES string of the molecule is C=CCOC(=O)C1=C(COc2c(F)cc3c(C)cc(=O)oc3c2F)CSC2C(NC(=O)Cc3cccs3)C(=O)N12. The van der Waals surface area contributed by atoms with Crippen LogP contribution in [0.1, 0.15) is 10.4 Å². The van der Waals surface area contributed by atoms with Crippen LogP contribution in [0.15, 0.2) is 62.8 Å². The van der Waals surface area contributed by atoms with Crippen LogP contribution < -0.4 is 15.7 Å². The van der Waals surface area contributed by atoms with Gasteiger partial charge in [-0.15, -0.1) is 23.1 Å². The maximum Gasteiger partial charge on any atom is 0.355 e. The zero-order valence-electron chi connectivity index (χ0n) is 21.0. The van der Waals surface area contributed by atoms with E-state index in [4.69, 9.17) is 13.9 Å². The molecule has 0 saturated carbocycles. The summed E-state index contributed by atoms with van der Waals surface area (Å²) in [6, 6.07) is 4.89. The maximum absolute atomic E-state index is 15.2. The number of thioether (sulfide) groups is 1. The normalized spacial score (nSPS) is 18.3. The van der Waals surface area contributed by atoms with Crippen molar-refractivity contribution in [3.63, 3.8) is 0 Å². The first kappa shape index (κ1) is 27.6. The number of nitrogens with one attached hydrogen (secondary N) is 1. The first-order chi connectivity index (χ1) is 19.2. The average Bonchev–Trinajstić information content (AvgIpc) is 3.43. The fourth-order valence-corrected chi connectivity index (χ4v) is 6.47. The number of carbonyl (C=O) groups excluding carboxylic acids is 3. The lowest BCUT2D eigenvalue weighted by molar-refractivity contribution is -0.152. The number of thiophene rings is 1. The predicted octanol–water partition coefficient (Wildman–Crippen LogP) is 3.45. The Bertz CT molecular complexity index is 1620. The second-order valence-corrected chi connectivity index (χ2v) is 11.1. The summed E-state index contributed by atoms with van der Waals surface area (Å²) in [6.07, 6.45) is 1.47. The second-order valence-electron chi connectivity index (χ2n) is 8.97. The third-order valence-electron chi connectivity index (χ3n) is 6.29. The number of hydrogen-bond acceptors (Lipinski definition) is 9. The fraction of sp³-hybridized carbons (Fsp3) is 0.259. The number of rotatable bonds is 9. The van der Waals surface area contributed by atoms with Crippen LogP contribution in [0, 0.1) is 18.6 Å². The van der Waals surface area contributed by atoms with Crippen LogP contribution in [0.25, 0.3) is 11.0 Å². The lowest BCUT2D eigenvalue weighted by Crippen LogP contribution is -2.70. The zero-order chi connectivity index (χ0) is 28.6. The molecule has 13 heteroatoms. The molecule has 40 heavy (non-hydrogen) atoms. The van der Waals surface area contributed by atoms with Gasteiger partial charge in [0.1, 0.15) is 30.3 Å². The summed E-state index contributed by atoms with van der Waals surface area (Å²) < 4.78 is 45.6. The van der Waals surface area contributed by atoms with Gasteiger partial charge in [0.15, 0.2) is 17.1 Å². The molecule has 0 aliphatic carbocycles. The Morgan fingerprint density at radius 2 is 2.10 bits per heavy atom. The van der Waals surface area contributed by atoms with E-state index >= 15 is 4.39 Å². The molecule has 2 aromatic heterocycles. The van der Waals surface area contributed by atoms with Crippen LogP contribution in [-0.4, -0.2) is 53.1 Å². The van der Waals surface area contributed by atoms with Crippen LogP contribution in [0.4, 0.5) is 8.78 Å². The molecule has 2 aliphatic rings. The van der Waals surface area contributed by atoms with Crippen molar-refractivity contribution in [3.8, 4) is 5.75 Å². The van der Waals surface area contributed by atoms with E-state index in [-0.39, 0.29) is 41.3 Å². The van der Waals surface area contributed by atoms with Crippen molar-refractivity contribution in [2.24, 2.45) is 0 Å². The molecule has 0 radical (unpaired) electrons. The number of halogens is 2. The Balaban J connectivity index is 1.39. The van der Waals surface area contributed by atoms with Gasteiger partial charge in [0.05, 0.1) is 6.42 Å². The van der Waals surface area contributed by atoms with Crippen LogP contribution in [-0.2, 0) is 25.5 Å². The molecule has 1 N–H and O–H groups in total. The van der Waals surface area contributed by atoms with E-state index in [0.29, 0.717) is 5.56 Å². The van der Waals surface area contributed by atoms with E-state index in [1.807, 2.05) is 17.5 Å². The molecule has 1 saturated heterocycles. The van der Waals surface area contributed by atoms with Crippen molar-refractivity contribution in [2.45, 2.75) is 24.8 Å². The standard InChI is InChI=1S/C27H22F2N2O7S2/c1-3-6-36-27(35)22-14(11-37-24-17(28)10-16-13(2)8-19(33)38-23(16)20(24)29)12-40-26-21(25(34)31(22)26)30-18(32)9-15-5-4-7-39-15/h3-5,7-8,10,21,26H,1,6,9,11-12H2,2H3,(H,30,32). The van der Waals surface area contributed by atoms with Crippen LogP contribution in [0.3, 0.4) is 0 Å². The summed E-state index contributed by atoms with van der Waals surface area (Å²) in [5.41, 5.74) is -0.814. The van der Waals surface area contributed by atoms with Gasteiger partial charge in [0.2, 0.25) is 11.7 Å². The van der Waals surface area contributed by atoms with Crippen molar-refractivity contribution in [1.29, 1.82) is 0 Å². The molecule has 2 amide bonds. The largest absolute Gasteiger partial charge is 0.483 e. The Hall–Kier alpha value is -3.97. The number of β-lactam (4-membered cyclic amide) rings is 1. The van der Waals surface area contributed by atoms with Crippen molar-refractivity contribution >= 4 is 51.9 Å². The molecule has 2 aliphatic heterocycles. The van der Waals surface area contributed by atoms with E-state index in [9.17, 15) is 23.6 Å². The molecule has 3 aromatic rings. The third kappa shape index (κ3) is 5.13. The van der Waals surface area contributed by atoms with Gasteiger partial charge in [-0.25, -0.2) is 14.0 Å². The molecule has 9 nitrogen and oxygen atoms in total. The smallest absolute Gasteiger partial charge is 0.355 e. The van der Waals surface area contributed by atoms with E-state index in [0.717, 1.165) is 17.0 Å². The second kappa shape index (κ2) is 11.3. The van der Waals surface area contributed by atoms with Crippen LogP contribution >= 0.6 is 23.1 Å². The van der Waals surface area contributed by atoms with Crippen molar-refractivity contribution in [1.82, 2.24) is 10.2 Å². The monoisotopic (exact) mass is 588 g/mol. The zero-order valence-corrected chi connectivity index (χ0v) is 22.7. The van der Waals surface area contributed by atoms with E-state index in [1.54, 1.807) is 0 Å². The summed E-state index contributed by atoms with van der Waals surface area (Å²) in [5.74, 6) is -4.60. The molecule has 5 rings (SSSR count). The topological polar surface area (TPSA) is 115 Å². The Labute approximate surface area is 234 Å². The molecule has 4 heterocycles. The number of amides is 2. The molecular formula is C27H22F2N2O7S2. The highest BCUT2D eigenvalue weighted by atomic mass is 32.2. The highest BCUT2D eigenvalue weighted by Gasteiger charge is 2.54. The van der Waals surface area contributed by atoms with E-state index in [2.05, 4.69) is 11.9 Å². The summed E-state index contributed by atoms with van der Waals surface area (Å²) >= 11 is 2.68. The Morgan fingerprint density at radius 3 is 2.83 bits per heavy atom. The van der Waals surface area contributed by atoms with Gasteiger partial charge in [-0.2, -0.15) is 4.39 Å². The van der Waals surface area contributed by atoms with Gasteiger partial charge in [-0.05, 0) is 30.0 Å². The summed E-state index contributed by atoms with van der Waals surface area (Å²) in [6.45, 7) is 4.42. The number of benzene rings is 1. The average molecular weight is 589 g/mol. The maximum atomic E-state index is 15.2. The van der Waals surface area contributed by atoms with Gasteiger partial charge in [0.25, 0.3) is 5.91 Å². The fourth-order valence-electron chi connectivity index (χ4n) is 4.43. The van der Waals surface area contributed by atoms with Crippen LogP contribution in [0.2, 0.25) is 0 Å². The first-order valence-electron chi connectivity index (χ1n) is 12.0. The number of ether oxygens (including phenoxy) is 2. The van der Waals surface area contributed by atoms with Gasteiger partial charge < -0.3 is 19.2 Å². The van der Waals surface area contributed by atoms with Gasteiger partial charge in [-0.3, -0.25) is 14.5 Å². The molecule has 0 bridgehead atoms. The summed E-state index contributed by atoms with van der Waals surface area (Å²) in [5, 5.41) is 4.05.